The Labute approximate surface area is 114 Å². The molecule has 0 fully saturated rings. The monoisotopic (exact) mass is 259 g/mol. The van der Waals surface area contributed by atoms with Crippen LogP contribution in [0.4, 0.5) is 0 Å². The normalized spacial score (nSPS) is 12.4. The van der Waals surface area contributed by atoms with Crippen molar-refractivity contribution in [1.82, 2.24) is 14.9 Å². The number of imidazole rings is 1. The van der Waals surface area contributed by atoms with E-state index in [4.69, 9.17) is 4.74 Å². The third-order valence-corrected chi connectivity index (χ3v) is 3.17. The number of hydrogen-bond acceptors (Lipinski definition) is 3. The maximum atomic E-state index is 5.52. The van der Waals surface area contributed by atoms with Crippen LogP contribution in [0.15, 0.2) is 36.8 Å². The van der Waals surface area contributed by atoms with Gasteiger partial charge in [0.25, 0.3) is 0 Å². The average Bonchev–Trinajstić information content (AvgIpc) is 2.82. The Morgan fingerprint density at radius 3 is 2.95 bits per heavy atom. The molecule has 0 saturated heterocycles. The standard InChI is InChI=1S/C15H21N3O/c1-4-19-15-7-5-6-13(8-15)12(2)17-10-14-9-16-11-18(14)3/h5-9,11-12,17H,4,10H2,1-3H3. The maximum absolute atomic E-state index is 5.52. The Hall–Kier alpha value is -1.81. The molecule has 1 unspecified atom stereocenters. The topological polar surface area (TPSA) is 39.1 Å². The molecule has 102 valence electrons. The van der Waals surface area contributed by atoms with Crippen molar-refractivity contribution in [3.05, 3.63) is 48.0 Å². The van der Waals surface area contributed by atoms with Crippen LogP contribution in [0.5, 0.6) is 5.75 Å². The van der Waals surface area contributed by atoms with E-state index in [0.29, 0.717) is 6.61 Å². The third-order valence-electron chi connectivity index (χ3n) is 3.17. The summed E-state index contributed by atoms with van der Waals surface area (Å²) in [5.74, 6) is 0.925. The zero-order valence-corrected chi connectivity index (χ0v) is 11.8. The average molecular weight is 259 g/mol. The predicted octanol–water partition coefficient (Wildman–Crippen LogP) is 2.67. The minimum absolute atomic E-state index is 0.273. The Morgan fingerprint density at radius 1 is 1.42 bits per heavy atom. The van der Waals surface area contributed by atoms with Crippen molar-refractivity contribution in [3.8, 4) is 5.75 Å². The highest BCUT2D eigenvalue weighted by Crippen LogP contribution is 2.19. The van der Waals surface area contributed by atoms with Gasteiger partial charge in [-0.05, 0) is 31.5 Å². The molecule has 0 aliphatic carbocycles. The van der Waals surface area contributed by atoms with Crippen LogP contribution in [0, 0.1) is 0 Å². The number of nitrogens with one attached hydrogen (secondary N) is 1. The molecule has 4 heteroatoms. The lowest BCUT2D eigenvalue weighted by atomic mass is 10.1. The molecule has 1 heterocycles. The minimum atomic E-state index is 0.273. The van der Waals surface area contributed by atoms with Gasteiger partial charge < -0.3 is 14.6 Å². The number of aryl methyl sites for hydroxylation is 1. The molecule has 2 rings (SSSR count). The second kappa shape index (κ2) is 6.38. The van der Waals surface area contributed by atoms with Crippen LogP contribution >= 0.6 is 0 Å². The Balaban J connectivity index is 1.97. The molecule has 1 N–H and O–H groups in total. The molecule has 1 aromatic heterocycles. The van der Waals surface area contributed by atoms with E-state index in [1.54, 1.807) is 0 Å². The Morgan fingerprint density at radius 2 is 2.26 bits per heavy atom. The molecule has 0 radical (unpaired) electrons. The SMILES string of the molecule is CCOc1cccc(C(C)NCc2cncn2C)c1. The largest absolute Gasteiger partial charge is 0.494 e. The molecular formula is C15H21N3O. The van der Waals surface area contributed by atoms with E-state index in [2.05, 4.69) is 29.4 Å². The molecule has 2 aromatic rings. The summed E-state index contributed by atoms with van der Waals surface area (Å²) in [5.41, 5.74) is 2.40. The highest BCUT2D eigenvalue weighted by atomic mass is 16.5. The van der Waals surface area contributed by atoms with Crippen molar-refractivity contribution in [2.24, 2.45) is 7.05 Å². The van der Waals surface area contributed by atoms with Gasteiger partial charge in [0.05, 0.1) is 18.6 Å². The summed E-state index contributed by atoms with van der Waals surface area (Å²) in [6.07, 6.45) is 3.70. The van der Waals surface area contributed by atoms with Gasteiger partial charge in [-0.2, -0.15) is 0 Å². The fourth-order valence-electron chi connectivity index (χ4n) is 1.97. The Kier molecular flexibility index (Phi) is 4.58. The number of ether oxygens (including phenoxy) is 1. The second-order valence-corrected chi connectivity index (χ2v) is 4.60. The molecule has 0 amide bonds. The second-order valence-electron chi connectivity index (χ2n) is 4.60. The van der Waals surface area contributed by atoms with Crippen LogP contribution < -0.4 is 10.1 Å². The molecule has 0 bridgehead atoms. The maximum Gasteiger partial charge on any atom is 0.119 e. The number of rotatable bonds is 6. The number of benzene rings is 1. The van der Waals surface area contributed by atoms with E-state index in [1.165, 1.54) is 11.3 Å². The van der Waals surface area contributed by atoms with Gasteiger partial charge in [0.15, 0.2) is 0 Å². The van der Waals surface area contributed by atoms with E-state index in [-0.39, 0.29) is 6.04 Å². The van der Waals surface area contributed by atoms with Gasteiger partial charge in [-0.1, -0.05) is 12.1 Å². The first-order valence-corrected chi connectivity index (χ1v) is 6.62. The van der Waals surface area contributed by atoms with E-state index in [9.17, 15) is 0 Å². The molecule has 0 aliphatic rings. The van der Waals surface area contributed by atoms with Crippen LogP contribution in [0.25, 0.3) is 0 Å². The van der Waals surface area contributed by atoms with Crippen molar-refractivity contribution in [2.45, 2.75) is 26.4 Å². The van der Waals surface area contributed by atoms with E-state index >= 15 is 0 Å². The van der Waals surface area contributed by atoms with Gasteiger partial charge in [-0.25, -0.2) is 4.98 Å². The lowest BCUT2D eigenvalue weighted by Crippen LogP contribution is -2.19. The van der Waals surface area contributed by atoms with Crippen molar-refractivity contribution >= 4 is 0 Å². The van der Waals surface area contributed by atoms with Crippen molar-refractivity contribution < 1.29 is 4.74 Å². The smallest absolute Gasteiger partial charge is 0.119 e. The summed E-state index contributed by atoms with van der Waals surface area (Å²) in [6, 6.07) is 8.49. The summed E-state index contributed by atoms with van der Waals surface area (Å²) in [5, 5.41) is 3.50. The molecule has 0 aliphatic heterocycles. The Bertz CT molecular complexity index is 522. The lowest BCUT2D eigenvalue weighted by Gasteiger charge is -2.15. The molecule has 0 saturated carbocycles. The zero-order chi connectivity index (χ0) is 13.7. The molecule has 1 aromatic carbocycles. The molecule has 4 nitrogen and oxygen atoms in total. The van der Waals surface area contributed by atoms with Gasteiger partial charge >= 0.3 is 0 Å². The highest BCUT2D eigenvalue weighted by Gasteiger charge is 2.07. The number of hydrogen-bond donors (Lipinski definition) is 1. The van der Waals surface area contributed by atoms with E-state index in [1.807, 2.05) is 43.2 Å². The van der Waals surface area contributed by atoms with Crippen LogP contribution in [-0.4, -0.2) is 16.2 Å². The number of aromatic nitrogens is 2. The van der Waals surface area contributed by atoms with E-state index < -0.39 is 0 Å². The van der Waals surface area contributed by atoms with Gasteiger partial charge in [0.2, 0.25) is 0 Å². The highest BCUT2D eigenvalue weighted by molar-refractivity contribution is 5.30. The predicted molar refractivity (Wildman–Crippen MR) is 76.1 cm³/mol. The summed E-state index contributed by atoms with van der Waals surface area (Å²) >= 11 is 0. The fraction of sp³-hybridized carbons (Fsp3) is 0.400. The van der Waals surface area contributed by atoms with Crippen LogP contribution in [0.1, 0.15) is 31.1 Å². The molecule has 0 spiro atoms. The summed E-state index contributed by atoms with van der Waals surface area (Å²) in [6.45, 7) is 5.65. The molecule has 19 heavy (non-hydrogen) atoms. The summed E-state index contributed by atoms with van der Waals surface area (Å²) in [4.78, 5) is 4.11. The van der Waals surface area contributed by atoms with Crippen LogP contribution in [-0.2, 0) is 13.6 Å². The van der Waals surface area contributed by atoms with Gasteiger partial charge in [-0.15, -0.1) is 0 Å². The zero-order valence-electron chi connectivity index (χ0n) is 11.8. The van der Waals surface area contributed by atoms with E-state index in [0.717, 1.165) is 12.3 Å². The van der Waals surface area contributed by atoms with Crippen molar-refractivity contribution in [3.63, 3.8) is 0 Å². The molecular weight excluding hydrogens is 238 g/mol. The van der Waals surface area contributed by atoms with Gasteiger partial charge in [0, 0.05) is 25.8 Å². The first kappa shape index (κ1) is 13.6. The van der Waals surface area contributed by atoms with Gasteiger partial charge in [0.1, 0.15) is 5.75 Å². The third kappa shape index (κ3) is 3.58. The van der Waals surface area contributed by atoms with Crippen molar-refractivity contribution in [2.75, 3.05) is 6.61 Å². The summed E-state index contributed by atoms with van der Waals surface area (Å²) < 4.78 is 7.55. The first-order chi connectivity index (χ1) is 9.20. The van der Waals surface area contributed by atoms with Crippen LogP contribution in [0.2, 0.25) is 0 Å². The molecule has 1 atom stereocenters. The van der Waals surface area contributed by atoms with Crippen LogP contribution in [0.3, 0.4) is 0 Å². The van der Waals surface area contributed by atoms with Gasteiger partial charge in [-0.3, -0.25) is 0 Å². The lowest BCUT2D eigenvalue weighted by molar-refractivity contribution is 0.339. The summed E-state index contributed by atoms with van der Waals surface area (Å²) in [7, 11) is 2.00. The fourth-order valence-corrected chi connectivity index (χ4v) is 1.97. The first-order valence-electron chi connectivity index (χ1n) is 6.62. The minimum Gasteiger partial charge on any atom is -0.494 e. The van der Waals surface area contributed by atoms with Crippen molar-refractivity contribution in [1.29, 1.82) is 0 Å². The number of nitrogens with zero attached hydrogens (tertiary/aromatic N) is 2. The quantitative estimate of drug-likeness (QED) is 0.867.